The zero-order valence-corrected chi connectivity index (χ0v) is 12.2. The van der Waals surface area contributed by atoms with Gasteiger partial charge < -0.3 is 10.2 Å². The van der Waals surface area contributed by atoms with E-state index in [1.165, 1.54) is 12.1 Å². The van der Waals surface area contributed by atoms with Crippen molar-refractivity contribution in [3.63, 3.8) is 0 Å². The standard InChI is InChI=1S/C15H21N3O3/c1-2-9-17(14-7-4-8-16-11-14)15(19)12-5-3-6-13(10-12)18(20)21/h3,5-6,10,14,16H,2,4,7-9,11H2,1H3. The van der Waals surface area contributed by atoms with E-state index in [2.05, 4.69) is 5.32 Å². The first-order chi connectivity index (χ1) is 10.1. The lowest BCUT2D eigenvalue weighted by molar-refractivity contribution is -0.384. The number of non-ortho nitro benzene ring substituents is 1. The van der Waals surface area contributed by atoms with Crippen molar-refractivity contribution in [3.05, 3.63) is 39.9 Å². The molecule has 1 N–H and O–H groups in total. The monoisotopic (exact) mass is 291 g/mol. The van der Waals surface area contributed by atoms with Crippen molar-refractivity contribution >= 4 is 11.6 Å². The van der Waals surface area contributed by atoms with Gasteiger partial charge in [0, 0.05) is 36.8 Å². The highest BCUT2D eigenvalue weighted by atomic mass is 16.6. The Morgan fingerprint density at radius 1 is 1.52 bits per heavy atom. The van der Waals surface area contributed by atoms with Gasteiger partial charge in [0.25, 0.3) is 11.6 Å². The number of nitro benzene ring substituents is 1. The first-order valence-corrected chi connectivity index (χ1v) is 7.39. The Morgan fingerprint density at radius 2 is 2.33 bits per heavy atom. The summed E-state index contributed by atoms with van der Waals surface area (Å²) in [5, 5.41) is 14.2. The van der Waals surface area contributed by atoms with Crippen molar-refractivity contribution < 1.29 is 9.72 Å². The summed E-state index contributed by atoms with van der Waals surface area (Å²) in [4.78, 5) is 24.9. The number of piperidine rings is 1. The number of carbonyl (C=O) groups is 1. The Bertz CT molecular complexity index is 513. The van der Waals surface area contributed by atoms with Crippen LogP contribution in [0.2, 0.25) is 0 Å². The van der Waals surface area contributed by atoms with E-state index in [0.717, 1.165) is 32.4 Å². The van der Waals surface area contributed by atoms with Gasteiger partial charge in [0.1, 0.15) is 0 Å². The molecule has 21 heavy (non-hydrogen) atoms. The number of nitrogens with one attached hydrogen (secondary N) is 1. The molecule has 0 aliphatic carbocycles. The highest BCUT2D eigenvalue weighted by molar-refractivity contribution is 5.95. The third-order valence-corrected chi connectivity index (χ3v) is 3.74. The van der Waals surface area contributed by atoms with E-state index in [9.17, 15) is 14.9 Å². The van der Waals surface area contributed by atoms with E-state index >= 15 is 0 Å². The zero-order valence-electron chi connectivity index (χ0n) is 12.2. The second kappa shape index (κ2) is 7.17. The fourth-order valence-corrected chi connectivity index (χ4v) is 2.71. The molecule has 6 heteroatoms. The van der Waals surface area contributed by atoms with E-state index in [1.54, 1.807) is 12.1 Å². The summed E-state index contributed by atoms with van der Waals surface area (Å²) in [6.07, 6.45) is 2.90. The van der Waals surface area contributed by atoms with Gasteiger partial charge >= 0.3 is 0 Å². The fraction of sp³-hybridized carbons (Fsp3) is 0.533. The number of benzene rings is 1. The van der Waals surface area contributed by atoms with Gasteiger partial charge in [0.2, 0.25) is 0 Å². The van der Waals surface area contributed by atoms with Crippen LogP contribution in [0, 0.1) is 10.1 Å². The number of amides is 1. The van der Waals surface area contributed by atoms with Gasteiger partial charge in [0.05, 0.1) is 4.92 Å². The van der Waals surface area contributed by atoms with Gasteiger partial charge in [-0.25, -0.2) is 0 Å². The lowest BCUT2D eigenvalue weighted by atomic mass is 10.0. The molecule has 0 bridgehead atoms. The summed E-state index contributed by atoms with van der Waals surface area (Å²) in [6, 6.07) is 6.15. The van der Waals surface area contributed by atoms with Crippen LogP contribution >= 0.6 is 0 Å². The Labute approximate surface area is 124 Å². The minimum atomic E-state index is -0.469. The molecule has 1 saturated heterocycles. The molecule has 6 nitrogen and oxygen atoms in total. The number of rotatable bonds is 5. The fourth-order valence-electron chi connectivity index (χ4n) is 2.71. The summed E-state index contributed by atoms with van der Waals surface area (Å²) in [6.45, 7) is 4.49. The van der Waals surface area contributed by atoms with Gasteiger partial charge in [-0.15, -0.1) is 0 Å². The molecule has 1 atom stereocenters. The normalized spacial score (nSPS) is 18.2. The topological polar surface area (TPSA) is 75.5 Å². The molecule has 0 saturated carbocycles. The van der Waals surface area contributed by atoms with Crippen molar-refractivity contribution in [2.45, 2.75) is 32.2 Å². The van der Waals surface area contributed by atoms with Gasteiger partial charge in [0.15, 0.2) is 0 Å². The number of hydrogen-bond donors (Lipinski definition) is 1. The summed E-state index contributed by atoms with van der Waals surface area (Å²) < 4.78 is 0. The number of carbonyl (C=O) groups excluding carboxylic acids is 1. The smallest absolute Gasteiger partial charge is 0.270 e. The van der Waals surface area contributed by atoms with Crippen LogP contribution in [0.25, 0.3) is 0 Å². The molecule has 1 aliphatic rings. The molecule has 1 aromatic rings. The van der Waals surface area contributed by atoms with Crippen LogP contribution in [0.5, 0.6) is 0 Å². The Balaban J connectivity index is 2.20. The minimum Gasteiger partial charge on any atom is -0.334 e. The highest BCUT2D eigenvalue weighted by Crippen LogP contribution is 2.18. The molecule has 0 radical (unpaired) electrons. The van der Waals surface area contributed by atoms with Crippen LogP contribution in [0.4, 0.5) is 5.69 Å². The van der Waals surface area contributed by atoms with Crippen LogP contribution in [0.3, 0.4) is 0 Å². The maximum Gasteiger partial charge on any atom is 0.270 e. The Hall–Kier alpha value is -1.95. The molecule has 1 unspecified atom stereocenters. The lowest BCUT2D eigenvalue weighted by Gasteiger charge is -2.34. The van der Waals surface area contributed by atoms with E-state index in [1.807, 2.05) is 11.8 Å². The first kappa shape index (κ1) is 15.4. The van der Waals surface area contributed by atoms with E-state index < -0.39 is 4.92 Å². The van der Waals surface area contributed by atoms with Crippen molar-refractivity contribution in [3.8, 4) is 0 Å². The predicted molar refractivity (Wildman–Crippen MR) is 80.3 cm³/mol. The lowest BCUT2D eigenvalue weighted by Crippen LogP contribution is -2.49. The predicted octanol–water partition coefficient (Wildman–Crippen LogP) is 2.20. The van der Waals surface area contributed by atoms with E-state index in [-0.39, 0.29) is 17.6 Å². The largest absolute Gasteiger partial charge is 0.334 e. The molecule has 1 aliphatic heterocycles. The third kappa shape index (κ3) is 3.78. The molecule has 1 fully saturated rings. The van der Waals surface area contributed by atoms with Crippen molar-refractivity contribution in [1.29, 1.82) is 0 Å². The maximum absolute atomic E-state index is 12.7. The Kier molecular flexibility index (Phi) is 5.27. The van der Waals surface area contributed by atoms with E-state index in [0.29, 0.717) is 12.1 Å². The van der Waals surface area contributed by atoms with Gasteiger partial charge in [-0.2, -0.15) is 0 Å². The molecule has 114 valence electrons. The summed E-state index contributed by atoms with van der Waals surface area (Å²) in [5.74, 6) is -0.116. The van der Waals surface area contributed by atoms with Crippen molar-refractivity contribution in [2.75, 3.05) is 19.6 Å². The van der Waals surface area contributed by atoms with Crippen LogP contribution in [-0.2, 0) is 0 Å². The average molecular weight is 291 g/mol. The van der Waals surface area contributed by atoms with E-state index in [4.69, 9.17) is 0 Å². The molecule has 0 spiro atoms. The zero-order chi connectivity index (χ0) is 15.2. The molecule has 1 amide bonds. The SMILES string of the molecule is CCCN(C(=O)c1cccc([N+](=O)[O-])c1)C1CCCNC1. The first-order valence-electron chi connectivity index (χ1n) is 7.39. The van der Waals surface area contributed by atoms with Crippen LogP contribution in [-0.4, -0.2) is 41.4 Å². The second-order valence-electron chi connectivity index (χ2n) is 5.31. The number of nitrogens with zero attached hydrogens (tertiary/aromatic N) is 2. The second-order valence-corrected chi connectivity index (χ2v) is 5.31. The van der Waals surface area contributed by atoms with Gasteiger partial charge in [-0.05, 0) is 31.9 Å². The minimum absolute atomic E-state index is 0.0425. The Morgan fingerprint density at radius 3 is 2.95 bits per heavy atom. The summed E-state index contributed by atoms with van der Waals surface area (Å²) in [5.41, 5.74) is 0.349. The maximum atomic E-state index is 12.7. The highest BCUT2D eigenvalue weighted by Gasteiger charge is 2.26. The summed E-state index contributed by atoms with van der Waals surface area (Å²) >= 11 is 0. The molecular formula is C15H21N3O3. The van der Waals surface area contributed by atoms with Gasteiger partial charge in [-0.3, -0.25) is 14.9 Å². The van der Waals surface area contributed by atoms with Crippen LogP contribution in [0.15, 0.2) is 24.3 Å². The van der Waals surface area contributed by atoms with Crippen molar-refractivity contribution in [1.82, 2.24) is 10.2 Å². The number of hydrogen-bond acceptors (Lipinski definition) is 4. The summed E-state index contributed by atoms with van der Waals surface area (Å²) in [7, 11) is 0. The molecular weight excluding hydrogens is 270 g/mol. The third-order valence-electron chi connectivity index (χ3n) is 3.74. The quantitative estimate of drug-likeness (QED) is 0.666. The average Bonchev–Trinajstić information content (AvgIpc) is 2.53. The molecule has 1 heterocycles. The molecule has 2 rings (SSSR count). The van der Waals surface area contributed by atoms with Gasteiger partial charge in [-0.1, -0.05) is 13.0 Å². The van der Waals surface area contributed by atoms with Crippen LogP contribution < -0.4 is 5.32 Å². The number of nitro groups is 1. The van der Waals surface area contributed by atoms with Crippen molar-refractivity contribution in [2.24, 2.45) is 0 Å². The van der Waals surface area contributed by atoms with Crippen LogP contribution in [0.1, 0.15) is 36.5 Å². The molecule has 1 aromatic carbocycles. The molecule has 0 aromatic heterocycles.